The number of benzene rings is 1. The number of hydrogen-bond acceptors (Lipinski definition) is 5. The minimum atomic E-state index is -2.71. The highest BCUT2D eigenvalue weighted by Gasteiger charge is 2.43. The first-order valence-corrected chi connectivity index (χ1v) is 18.1. The number of piperidine rings is 1. The molecule has 256 valence electrons. The molecule has 3 aliphatic carbocycles. The quantitative estimate of drug-likeness (QED) is 0.286. The van der Waals surface area contributed by atoms with Crippen LogP contribution in [0.15, 0.2) is 42.7 Å². The average molecular weight is 659 g/mol. The van der Waals surface area contributed by atoms with E-state index in [4.69, 9.17) is 15.0 Å². The Balaban J connectivity index is 1.26. The van der Waals surface area contributed by atoms with Crippen molar-refractivity contribution in [3.63, 3.8) is 0 Å². The van der Waals surface area contributed by atoms with E-state index in [1.807, 2.05) is 43.6 Å². The van der Waals surface area contributed by atoms with Crippen molar-refractivity contribution < 1.29 is 18.3 Å². The Morgan fingerprint density at radius 3 is 2.25 bits per heavy atom. The summed E-state index contributed by atoms with van der Waals surface area (Å²) in [7, 11) is 0. The molecule has 1 aromatic carbocycles. The van der Waals surface area contributed by atoms with Crippen LogP contribution in [-0.4, -0.2) is 39.1 Å². The van der Waals surface area contributed by atoms with Crippen LogP contribution >= 0.6 is 0 Å². The second-order valence-electron chi connectivity index (χ2n) is 15.7. The zero-order chi connectivity index (χ0) is 33.6. The smallest absolute Gasteiger partial charge is 0.248 e. The van der Waals surface area contributed by atoms with Crippen molar-refractivity contribution in [1.29, 1.82) is 0 Å². The van der Waals surface area contributed by atoms with Gasteiger partial charge in [-0.05, 0) is 99.2 Å². The number of anilines is 1. The number of fused-ring (bicyclic) bond motifs is 1. The Bertz CT molecular complexity index is 1630. The van der Waals surface area contributed by atoms with Crippen molar-refractivity contribution in [1.82, 2.24) is 15.0 Å². The molecule has 5 nitrogen and oxygen atoms in total. The van der Waals surface area contributed by atoms with Crippen molar-refractivity contribution in [2.45, 2.75) is 128 Å². The summed E-state index contributed by atoms with van der Waals surface area (Å²) >= 11 is 0. The van der Waals surface area contributed by atoms with Gasteiger partial charge in [-0.15, -0.1) is 0 Å². The molecule has 1 aliphatic heterocycles. The lowest BCUT2D eigenvalue weighted by molar-refractivity contribution is -0.0385. The summed E-state index contributed by atoms with van der Waals surface area (Å²) in [4.78, 5) is 17.0. The van der Waals surface area contributed by atoms with Crippen LogP contribution in [0.1, 0.15) is 153 Å². The van der Waals surface area contributed by atoms with E-state index in [0.29, 0.717) is 48.6 Å². The number of aromatic nitrogens is 3. The van der Waals surface area contributed by atoms with Gasteiger partial charge in [0.2, 0.25) is 11.9 Å². The van der Waals surface area contributed by atoms with Gasteiger partial charge in [0, 0.05) is 66.6 Å². The molecule has 8 heteroatoms. The molecule has 48 heavy (non-hydrogen) atoms. The second kappa shape index (κ2) is 13.2. The molecule has 0 spiro atoms. The highest BCUT2D eigenvalue weighted by molar-refractivity contribution is 5.65. The Kier molecular flexibility index (Phi) is 9.16. The Hall–Kier alpha value is -3.26. The molecule has 2 atom stereocenters. The standard InChI is InChI=1S/C40H49F3N4O/c1-25-9-11-28(12-10-25)36(41)35-33(27-13-17-40(42,43)18-14-27)34-31(21-39(2,3)22-32(34)48)46-37(35)29-15-19-47(20-16-29)38-44-23-30(24-45-38)26-7-5-4-6-8-26/h7,9-12,23-24,27,29,32,36,48H,4-6,8,13-22H2,1-3H3. The highest BCUT2D eigenvalue weighted by Crippen LogP contribution is 2.52. The maximum atomic E-state index is 17.3. The molecule has 7 rings (SSSR count). The van der Waals surface area contributed by atoms with E-state index in [9.17, 15) is 13.9 Å². The molecule has 0 bridgehead atoms. The number of hydrogen-bond donors (Lipinski definition) is 1. The molecule has 2 aromatic heterocycles. The summed E-state index contributed by atoms with van der Waals surface area (Å²) in [6, 6.07) is 7.49. The molecular formula is C40H49F3N4O. The van der Waals surface area contributed by atoms with E-state index in [1.54, 1.807) is 0 Å². The summed E-state index contributed by atoms with van der Waals surface area (Å²) in [5.41, 5.74) is 7.39. The third-order valence-corrected chi connectivity index (χ3v) is 11.4. The molecule has 0 radical (unpaired) electrons. The van der Waals surface area contributed by atoms with Crippen LogP contribution in [0.5, 0.6) is 0 Å². The largest absolute Gasteiger partial charge is 0.388 e. The zero-order valence-corrected chi connectivity index (χ0v) is 28.6. The lowest BCUT2D eigenvalue weighted by atomic mass is 9.68. The van der Waals surface area contributed by atoms with Crippen LogP contribution in [0.4, 0.5) is 19.1 Å². The molecule has 4 aliphatic rings. The minimum Gasteiger partial charge on any atom is -0.388 e. The Labute approximate surface area is 283 Å². The van der Waals surface area contributed by atoms with Gasteiger partial charge >= 0.3 is 0 Å². The van der Waals surface area contributed by atoms with Crippen molar-refractivity contribution in [3.8, 4) is 0 Å². The van der Waals surface area contributed by atoms with E-state index in [-0.39, 0.29) is 42.9 Å². The number of aliphatic hydroxyl groups excluding tert-OH is 1. The maximum absolute atomic E-state index is 17.3. The lowest BCUT2D eigenvalue weighted by Gasteiger charge is -2.41. The van der Waals surface area contributed by atoms with E-state index < -0.39 is 18.2 Å². The van der Waals surface area contributed by atoms with Crippen molar-refractivity contribution in [2.24, 2.45) is 5.41 Å². The minimum absolute atomic E-state index is 0.0112. The molecule has 2 unspecified atom stereocenters. The van der Waals surface area contributed by atoms with Crippen molar-refractivity contribution >= 4 is 11.5 Å². The van der Waals surface area contributed by atoms with Crippen LogP contribution in [0.3, 0.4) is 0 Å². The Morgan fingerprint density at radius 2 is 1.60 bits per heavy atom. The normalized spacial score (nSPS) is 23.8. The predicted octanol–water partition coefficient (Wildman–Crippen LogP) is 9.88. The van der Waals surface area contributed by atoms with E-state index in [1.165, 1.54) is 18.4 Å². The topological polar surface area (TPSA) is 62.1 Å². The first kappa shape index (κ1) is 33.2. The monoisotopic (exact) mass is 658 g/mol. The second-order valence-corrected chi connectivity index (χ2v) is 15.7. The fourth-order valence-corrected chi connectivity index (χ4v) is 8.71. The molecule has 3 heterocycles. The summed E-state index contributed by atoms with van der Waals surface area (Å²) in [6.07, 6.45) is 11.3. The zero-order valence-electron chi connectivity index (χ0n) is 28.6. The number of halogens is 3. The molecule has 1 saturated heterocycles. The number of nitrogens with zero attached hydrogens (tertiary/aromatic N) is 4. The Morgan fingerprint density at radius 1 is 0.917 bits per heavy atom. The van der Waals surface area contributed by atoms with Crippen LogP contribution in [-0.2, 0) is 6.42 Å². The van der Waals surface area contributed by atoms with Crippen molar-refractivity contribution in [2.75, 3.05) is 18.0 Å². The third-order valence-electron chi connectivity index (χ3n) is 11.4. The van der Waals surface area contributed by atoms with Crippen LogP contribution < -0.4 is 4.90 Å². The summed E-state index contributed by atoms with van der Waals surface area (Å²) in [5.74, 6) is -2.26. The molecule has 1 N–H and O–H groups in total. The van der Waals surface area contributed by atoms with E-state index >= 15 is 4.39 Å². The van der Waals surface area contributed by atoms with Crippen LogP contribution in [0.2, 0.25) is 0 Å². The number of allylic oxidation sites excluding steroid dienone is 2. The third kappa shape index (κ3) is 6.79. The molecule has 1 saturated carbocycles. The van der Waals surface area contributed by atoms with Gasteiger partial charge in [-0.2, -0.15) is 0 Å². The molecule has 0 amide bonds. The van der Waals surface area contributed by atoms with Gasteiger partial charge in [-0.1, -0.05) is 49.8 Å². The fourth-order valence-electron chi connectivity index (χ4n) is 8.71. The van der Waals surface area contributed by atoms with Gasteiger partial charge in [0.05, 0.1) is 11.8 Å². The van der Waals surface area contributed by atoms with Gasteiger partial charge < -0.3 is 10.0 Å². The number of pyridine rings is 1. The summed E-state index contributed by atoms with van der Waals surface area (Å²) < 4.78 is 46.2. The SMILES string of the molecule is Cc1ccc(C(F)c2c(C3CCN(c4ncc(C5=CCCCC5)cn4)CC3)nc3c(c2C2CCC(F)(F)CC2)C(O)CC(C)(C)C3)cc1. The average Bonchev–Trinajstić information content (AvgIpc) is 3.07. The van der Waals surface area contributed by atoms with Crippen LogP contribution in [0, 0.1) is 12.3 Å². The van der Waals surface area contributed by atoms with Gasteiger partial charge in [0.15, 0.2) is 6.17 Å². The summed E-state index contributed by atoms with van der Waals surface area (Å²) in [5, 5.41) is 11.7. The van der Waals surface area contributed by atoms with E-state index in [2.05, 4.69) is 24.8 Å². The molecular weight excluding hydrogens is 609 g/mol. The fraction of sp³-hybridized carbons (Fsp3) is 0.575. The first-order valence-electron chi connectivity index (χ1n) is 18.1. The summed E-state index contributed by atoms with van der Waals surface area (Å²) in [6.45, 7) is 7.67. The maximum Gasteiger partial charge on any atom is 0.248 e. The number of aliphatic hydroxyl groups is 1. The van der Waals surface area contributed by atoms with Gasteiger partial charge in [0.25, 0.3) is 0 Å². The molecule has 2 fully saturated rings. The van der Waals surface area contributed by atoms with Gasteiger partial charge in [-0.3, -0.25) is 4.98 Å². The van der Waals surface area contributed by atoms with Gasteiger partial charge in [-0.25, -0.2) is 23.1 Å². The van der Waals surface area contributed by atoms with E-state index in [0.717, 1.165) is 53.8 Å². The number of aryl methyl sites for hydroxylation is 1. The first-order chi connectivity index (χ1) is 23.0. The van der Waals surface area contributed by atoms with Crippen molar-refractivity contribution in [3.05, 3.63) is 87.5 Å². The lowest BCUT2D eigenvalue weighted by Crippen LogP contribution is -2.36. The van der Waals surface area contributed by atoms with Crippen LogP contribution in [0.25, 0.3) is 5.57 Å². The molecule has 3 aromatic rings. The highest BCUT2D eigenvalue weighted by atomic mass is 19.3. The predicted molar refractivity (Wildman–Crippen MR) is 184 cm³/mol. The van der Waals surface area contributed by atoms with Gasteiger partial charge in [0.1, 0.15) is 0 Å². The number of alkyl halides is 3. The number of rotatable bonds is 6.